The topological polar surface area (TPSA) is 62.4 Å². The molecular formula is C10H16ClN3O. The molecule has 0 aliphatic carbocycles. The molecule has 0 atom stereocenters. The van der Waals surface area contributed by atoms with Crippen LogP contribution in [0.25, 0.3) is 0 Å². The maximum absolute atomic E-state index is 8.93. The standard InChI is InChI=1S/C10H16ClN3O/c1-2-3-14(4-5-15)10-9(12)6-8(11)7-13-10/h6-7,15H,2-5,12H2,1H3. The maximum atomic E-state index is 8.93. The smallest absolute Gasteiger partial charge is 0.151 e. The fourth-order valence-electron chi connectivity index (χ4n) is 1.43. The average Bonchev–Trinajstić information content (AvgIpc) is 2.17. The van der Waals surface area contributed by atoms with E-state index in [4.69, 9.17) is 22.4 Å². The number of pyridine rings is 1. The summed E-state index contributed by atoms with van der Waals surface area (Å²) in [7, 11) is 0. The molecule has 0 aliphatic heterocycles. The Bertz CT molecular complexity index is 314. The van der Waals surface area contributed by atoms with Crippen LogP contribution in [0.2, 0.25) is 5.02 Å². The largest absolute Gasteiger partial charge is 0.396 e. The number of nitrogens with zero attached hydrogens (tertiary/aromatic N) is 2. The van der Waals surface area contributed by atoms with Crippen molar-refractivity contribution in [2.24, 2.45) is 0 Å². The van der Waals surface area contributed by atoms with Gasteiger partial charge in [0.1, 0.15) is 0 Å². The van der Waals surface area contributed by atoms with Crippen LogP contribution in [0.5, 0.6) is 0 Å². The van der Waals surface area contributed by atoms with Gasteiger partial charge in [0, 0.05) is 19.3 Å². The molecule has 0 bridgehead atoms. The number of halogens is 1. The Morgan fingerprint density at radius 1 is 1.53 bits per heavy atom. The van der Waals surface area contributed by atoms with E-state index in [9.17, 15) is 0 Å². The van der Waals surface area contributed by atoms with Crippen LogP contribution in [-0.2, 0) is 0 Å². The molecule has 0 fully saturated rings. The minimum absolute atomic E-state index is 0.0871. The van der Waals surface area contributed by atoms with Crippen molar-refractivity contribution in [2.45, 2.75) is 13.3 Å². The van der Waals surface area contributed by atoms with E-state index in [0.717, 1.165) is 13.0 Å². The minimum Gasteiger partial charge on any atom is -0.396 e. The summed E-state index contributed by atoms with van der Waals surface area (Å²) in [6.45, 7) is 3.51. The summed E-state index contributed by atoms with van der Waals surface area (Å²) < 4.78 is 0. The lowest BCUT2D eigenvalue weighted by Crippen LogP contribution is -2.29. The van der Waals surface area contributed by atoms with Gasteiger partial charge in [-0.05, 0) is 12.5 Å². The number of nitrogen functional groups attached to an aromatic ring is 1. The molecule has 0 radical (unpaired) electrons. The fraction of sp³-hybridized carbons (Fsp3) is 0.500. The van der Waals surface area contributed by atoms with Crippen molar-refractivity contribution < 1.29 is 5.11 Å². The molecule has 15 heavy (non-hydrogen) atoms. The summed E-state index contributed by atoms with van der Waals surface area (Å²) >= 11 is 5.77. The first-order valence-corrected chi connectivity index (χ1v) is 5.33. The lowest BCUT2D eigenvalue weighted by molar-refractivity contribution is 0.301. The van der Waals surface area contributed by atoms with E-state index in [1.807, 2.05) is 4.90 Å². The van der Waals surface area contributed by atoms with Crippen molar-refractivity contribution in [3.05, 3.63) is 17.3 Å². The molecule has 84 valence electrons. The SMILES string of the molecule is CCCN(CCO)c1ncc(Cl)cc1N. The van der Waals surface area contributed by atoms with E-state index in [1.54, 1.807) is 12.3 Å². The molecule has 0 amide bonds. The van der Waals surface area contributed by atoms with Crippen LogP contribution >= 0.6 is 11.6 Å². The van der Waals surface area contributed by atoms with Gasteiger partial charge >= 0.3 is 0 Å². The molecular weight excluding hydrogens is 214 g/mol. The summed E-state index contributed by atoms with van der Waals surface area (Å²) in [4.78, 5) is 6.12. The molecule has 0 aliphatic rings. The van der Waals surface area contributed by atoms with Crippen molar-refractivity contribution in [3.8, 4) is 0 Å². The molecule has 1 heterocycles. The lowest BCUT2D eigenvalue weighted by Gasteiger charge is -2.23. The van der Waals surface area contributed by atoms with E-state index < -0.39 is 0 Å². The molecule has 5 heteroatoms. The third-order valence-electron chi connectivity index (χ3n) is 2.02. The zero-order chi connectivity index (χ0) is 11.3. The van der Waals surface area contributed by atoms with Gasteiger partial charge in [-0.25, -0.2) is 4.98 Å². The zero-order valence-corrected chi connectivity index (χ0v) is 9.54. The van der Waals surface area contributed by atoms with Gasteiger partial charge in [0.05, 0.1) is 17.3 Å². The molecule has 0 saturated heterocycles. The molecule has 4 nitrogen and oxygen atoms in total. The monoisotopic (exact) mass is 229 g/mol. The summed E-state index contributed by atoms with van der Waals surface area (Å²) in [5.41, 5.74) is 6.36. The normalized spacial score (nSPS) is 10.3. The van der Waals surface area contributed by atoms with E-state index in [0.29, 0.717) is 23.1 Å². The van der Waals surface area contributed by atoms with Gasteiger partial charge in [0.25, 0.3) is 0 Å². The predicted octanol–water partition coefficient (Wildman–Crippen LogP) is 1.53. The Morgan fingerprint density at radius 2 is 2.27 bits per heavy atom. The first kappa shape index (κ1) is 12.1. The van der Waals surface area contributed by atoms with Crippen LogP contribution in [0.15, 0.2) is 12.3 Å². The van der Waals surface area contributed by atoms with Crippen LogP contribution in [0.3, 0.4) is 0 Å². The quantitative estimate of drug-likeness (QED) is 0.804. The van der Waals surface area contributed by atoms with Crippen LogP contribution in [0.4, 0.5) is 11.5 Å². The highest BCUT2D eigenvalue weighted by Gasteiger charge is 2.10. The Kier molecular flexibility index (Phi) is 4.65. The highest BCUT2D eigenvalue weighted by molar-refractivity contribution is 6.30. The van der Waals surface area contributed by atoms with E-state index >= 15 is 0 Å². The van der Waals surface area contributed by atoms with Crippen molar-refractivity contribution in [1.82, 2.24) is 4.98 Å². The fourth-order valence-corrected chi connectivity index (χ4v) is 1.59. The number of hydrogen-bond acceptors (Lipinski definition) is 4. The zero-order valence-electron chi connectivity index (χ0n) is 8.78. The summed E-state index contributed by atoms with van der Waals surface area (Å²) in [6.07, 6.45) is 2.54. The second kappa shape index (κ2) is 5.78. The highest BCUT2D eigenvalue weighted by atomic mass is 35.5. The Morgan fingerprint density at radius 3 is 2.80 bits per heavy atom. The van der Waals surface area contributed by atoms with E-state index in [1.165, 1.54) is 0 Å². The number of aliphatic hydroxyl groups is 1. The molecule has 0 unspecified atom stereocenters. The maximum Gasteiger partial charge on any atom is 0.151 e. The van der Waals surface area contributed by atoms with Crippen LogP contribution in [0, 0.1) is 0 Å². The summed E-state index contributed by atoms with van der Waals surface area (Å²) in [6, 6.07) is 1.67. The van der Waals surface area contributed by atoms with Gasteiger partial charge in [0.2, 0.25) is 0 Å². The molecule has 1 aromatic heterocycles. The van der Waals surface area contributed by atoms with Gasteiger partial charge in [-0.2, -0.15) is 0 Å². The highest BCUT2D eigenvalue weighted by Crippen LogP contribution is 2.23. The van der Waals surface area contributed by atoms with Gasteiger partial charge in [0.15, 0.2) is 5.82 Å². The second-order valence-electron chi connectivity index (χ2n) is 3.28. The van der Waals surface area contributed by atoms with Gasteiger partial charge in [-0.3, -0.25) is 0 Å². The molecule has 0 spiro atoms. The second-order valence-corrected chi connectivity index (χ2v) is 3.71. The number of aliphatic hydroxyl groups excluding tert-OH is 1. The van der Waals surface area contributed by atoms with Crippen LogP contribution < -0.4 is 10.6 Å². The Hall–Kier alpha value is -1.00. The van der Waals surface area contributed by atoms with Crippen LogP contribution in [0.1, 0.15) is 13.3 Å². The molecule has 0 aromatic carbocycles. The molecule has 0 saturated carbocycles. The van der Waals surface area contributed by atoms with Crippen molar-refractivity contribution in [1.29, 1.82) is 0 Å². The first-order valence-electron chi connectivity index (χ1n) is 4.95. The number of anilines is 2. The van der Waals surface area contributed by atoms with E-state index in [-0.39, 0.29) is 6.61 Å². The third-order valence-corrected chi connectivity index (χ3v) is 2.23. The molecule has 3 N–H and O–H groups in total. The van der Waals surface area contributed by atoms with Gasteiger partial charge in [-0.15, -0.1) is 0 Å². The molecule has 1 rings (SSSR count). The summed E-state index contributed by atoms with van der Waals surface area (Å²) in [5, 5.41) is 9.46. The number of rotatable bonds is 5. The molecule has 1 aromatic rings. The lowest BCUT2D eigenvalue weighted by atomic mass is 10.3. The van der Waals surface area contributed by atoms with Crippen molar-refractivity contribution in [2.75, 3.05) is 30.3 Å². The van der Waals surface area contributed by atoms with Gasteiger partial charge < -0.3 is 15.7 Å². The first-order chi connectivity index (χ1) is 7.19. The summed E-state index contributed by atoms with van der Waals surface area (Å²) in [5.74, 6) is 0.690. The third kappa shape index (κ3) is 3.25. The van der Waals surface area contributed by atoms with Gasteiger partial charge in [-0.1, -0.05) is 18.5 Å². The number of hydrogen-bond donors (Lipinski definition) is 2. The van der Waals surface area contributed by atoms with Crippen molar-refractivity contribution in [3.63, 3.8) is 0 Å². The van der Waals surface area contributed by atoms with E-state index in [2.05, 4.69) is 11.9 Å². The Balaban J connectivity index is 2.89. The number of nitrogens with two attached hydrogens (primary N) is 1. The minimum atomic E-state index is 0.0871. The average molecular weight is 230 g/mol. The number of aromatic nitrogens is 1. The van der Waals surface area contributed by atoms with Crippen LogP contribution in [-0.4, -0.2) is 29.8 Å². The predicted molar refractivity (Wildman–Crippen MR) is 63.2 cm³/mol. The van der Waals surface area contributed by atoms with Crippen molar-refractivity contribution >= 4 is 23.1 Å². The Labute approximate surface area is 94.7 Å².